The Morgan fingerprint density at radius 1 is 1.33 bits per heavy atom. The Morgan fingerprint density at radius 3 is 2.67 bits per heavy atom. The van der Waals surface area contributed by atoms with Crippen molar-refractivity contribution in [3.63, 3.8) is 0 Å². The van der Waals surface area contributed by atoms with Gasteiger partial charge in [0, 0.05) is 17.1 Å². The minimum Gasteiger partial charge on any atom is -0.354 e. The first kappa shape index (κ1) is 16.5. The van der Waals surface area contributed by atoms with Gasteiger partial charge in [-0.1, -0.05) is 28.1 Å². The van der Waals surface area contributed by atoms with Gasteiger partial charge in [-0.25, -0.2) is 8.42 Å². The number of sulfone groups is 1. The van der Waals surface area contributed by atoms with Crippen LogP contribution in [0.25, 0.3) is 0 Å². The first-order valence-corrected chi connectivity index (χ1v) is 9.51. The van der Waals surface area contributed by atoms with Gasteiger partial charge in [-0.15, -0.1) is 0 Å². The highest BCUT2D eigenvalue weighted by Crippen LogP contribution is 2.13. The van der Waals surface area contributed by atoms with Crippen LogP contribution in [-0.4, -0.2) is 39.2 Å². The van der Waals surface area contributed by atoms with Crippen LogP contribution in [-0.2, 0) is 20.4 Å². The Hall–Kier alpha value is -0.920. The molecule has 2 rings (SSSR count). The second-order valence-corrected chi connectivity index (χ2v) is 8.24. The lowest BCUT2D eigenvalue weighted by atomic mass is 10.2. The Bertz CT molecular complexity index is 581. The van der Waals surface area contributed by atoms with E-state index >= 15 is 0 Å². The van der Waals surface area contributed by atoms with Crippen LogP contribution in [0.4, 0.5) is 0 Å². The van der Waals surface area contributed by atoms with Crippen LogP contribution in [0.3, 0.4) is 0 Å². The summed E-state index contributed by atoms with van der Waals surface area (Å²) in [7, 11) is -3.44. The molecule has 0 saturated carbocycles. The third kappa shape index (κ3) is 5.76. The summed E-state index contributed by atoms with van der Waals surface area (Å²) in [6.07, 6.45) is 2.12. The molecule has 1 aliphatic rings. The summed E-state index contributed by atoms with van der Waals surface area (Å²) in [4.78, 5) is 11.7. The second kappa shape index (κ2) is 7.38. The van der Waals surface area contributed by atoms with Crippen molar-refractivity contribution in [3.05, 3.63) is 34.3 Å². The molecule has 1 atom stereocenters. The minimum absolute atomic E-state index is 0.116. The van der Waals surface area contributed by atoms with Gasteiger partial charge in [0.1, 0.15) is 5.75 Å². The number of hydrogen-bond acceptors (Lipinski definition) is 4. The molecular weight excluding hydrogens is 356 g/mol. The van der Waals surface area contributed by atoms with Crippen molar-refractivity contribution in [1.82, 2.24) is 10.6 Å². The quantitative estimate of drug-likeness (QED) is 0.785. The summed E-state index contributed by atoms with van der Waals surface area (Å²) in [5.74, 6) is -1.01. The second-order valence-electron chi connectivity index (χ2n) is 5.26. The number of carbonyl (C=O) groups excluding carboxylic acids is 1. The SMILES string of the molecule is O=C(CS(=O)(=O)Cc1ccc(Br)cc1)NCC1CCCN1. The van der Waals surface area contributed by atoms with E-state index in [0.717, 1.165) is 23.9 Å². The van der Waals surface area contributed by atoms with E-state index < -0.39 is 21.5 Å². The molecule has 1 aromatic rings. The summed E-state index contributed by atoms with van der Waals surface area (Å²) in [5.41, 5.74) is 0.684. The zero-order valence-electron chi connectivity index (χ0n) is 11.6. The molecule has 1 unspecified atom stereocenters. The largest absolute Gasteiger partial charge is 0.354 e. The molecule has 1 amide bonds. The maximum atomic E-state index is 12.0. The summed E-state index contributed by atoms with van der Waals surface area (Å²) >= 11 is 3.30. The van der Waals surface area contributed by atoms with Crippen LogP contribution in [0, 0.1) is 0 Å². The predicted octanol–water partition coefficient (Wildman–Crippen LogP) is 1.23. The molecule has 1 fully saturated rings. The van der Waals surface area contributed by atoms with Gasteiger partial charge in [0.15, 0.2) is 9.84 Å². The van der Waals surface area contributed by atoms with Crippen LogP contribution in [0.5, 0.6) is 0 Å². The highest BCUT2D eigenvalue weighted by atomic mass is 79.9. The molecule has 0 aliphatic carbocycles. The van der Waals surface area contributed by atoms with Crippen molar-refractivity contribution < 1.29 is 13.2 Å². The number of rotatable bonds is 6. The van der Waals surface area contributed by atoms with Gasteiger partial charge >= 0.3 is 0 Å². The standard InChI is InChI=1S/C14H19BrN2O3S/c15-12-5-3-11(4-6-12)9-21(19,20)10-14(18)17-8-13-2-1-7-16-13/h3-6,13,16H,1-2,7-10H2,(H,17,18). The topological polar surface area (TPSA) is 75.3 Å². The number of amides is 1. The first-order chi connectivity index (χ1) is 9.94. The summed E-state index contributed by atoms with van der Waals surface area (Å²) < 4.78 is 24.9. The Morgan fingerprint density at radius 2 is 2.05 bits per heavy atom. The summed E-state index contributed by atoms with van der Waals surface area (Å²) in [6.45, 7) is 1.45. The number of benzene rings is 1. The molecule has 0 spiro atoms. The van der Waals surface area contributed by atoms with E-state index in [2.05, 4.69) is 26.6 Å². The fraction of sp³-hybridized carbons (Fsp3) is 0.500. The van der Waals surface area contributed by atoms with Crippen molar-refractivity contribution in [1.29, 1.82) is 0 Å². The van der Waals surface area contributed by atoms with Gasteiger partial charge < -0.3 is 10.6 Å². The van der Waals surface area contributed by atoms with Crippen molar-refractivity contribution in [2.75, 3.05) is 18.8 Å². The molecule has 116 valence electrons. The molecule has 0 radical (unpaired) electrons. The highest BCUT2D eigenvalue weighted by Gasteiger charge is 2.19. The zero-order chi connectivity index (χ0) is 15.3. The average molecular weight is 375 g/mol. The number of nitrogens with one attached hydrogen (secondary N) is 2. The number of carbonyl (C=O) groups is 1. The van der Waals surface area contributed by atoms with E-state index in [1.165, 1.54) is 0 Å². The third-order valence-corrected chi connectivity index (χ3v) is 5.36. The molecule has 7 heteroatoms. The number of halogens is 1. The lowest BCUT2D eigenvalue weighted by molar-refractivity contribution is -0.118. The normalized spacial score (nSPS) is 18.6. The average Bonchev–Trinajstić information content (AvgIpc) is 2.91. The van der Waals surface area contributed by atoms with Crippen LogP contribution >= 0.6 is 15.9 Å². The van der Waals surface area contributed by atoms with Gasteiger partial charge in [-0.05, 0) is 37.1 Å². The van der Waals surface area contributed by atoms with E-state index in [4.69, 9.17) is 0 Å². The molecule has 21 heavy (non-hydrogen) atoms. The maximum Gasteiger partial charge on any atom is 0.235 e. The fourth-order valence-corrected chi connectivity index (χ4v) is 3.87. The minimum atomic E-state index is -3.44. The molecular formula is C14H19BrN2O3S. The lowest BCUT2D eigenvalue weighted by Gasteiger charge is -2.11. The van der Waals surface area contributed by atoms with Crippen molar-refractivity contribution in [2.24, 2.45) is 0 Å². The van der Waals surface area contributed by atoms with Crippen LogP contribution in [0.15, 0.2) is 28.7 Å². The Kier molecular flexibility index (Phi) is 5.78. The monoisotopic (exact) mass is 374 g/mol. The van der Waals surface area contributed by atoms with Crippen molar-refractivity contribution >= 4 is 31.7 Å². The molecule has 1 aromatic carbocycles. The van der Waals surface area contributed by atoms with Crippen LogP contribution in [0.2, 0.25) is 0 Å². The molecule has 2 N–H and O–H groups in total. The van der Waals surface area contributed by atoms with Gasteiger partial charge in [0.25, 0.3) is 0 Å². The van der Waals surface area contributed by atoms with Gasteiger partial charge in [-0.3, -0.25) is 4.79 Å². The maximum absolute atomic E-state index is 12.0. The predicted molar refractivity (Wildman–Crippen MR) is 85.7 cm³/mol. The highest BCUT2D eigenvalue weighted by molar-refractivity contribution is 9.10. The third-order valence-electron chi connectivity index (χ3n) is 3.36. The molecule has 0 aromatic heterocycles. The van der Waals surface area contributed by atoms with Crippen molar-refractivity contribution in [2.45, 2.75) is 24.6 Å². The van der Waals surface area contributed by atoms with Gasteiger partial charge in [0.2, 0.25) is 5.91 Å². The Labute approximate surface area is 133 Å². The summed E-state index contributed by atoms with van der Waals surface area (Å²) in [6, 6.07) is 7.32. The first-order valence-electron chi connectivity index (χ1n) is 6.89. The molecule has 5 nitrogen and oxygen atoms in total. The van der Waals surface area contributed by atoms with E-state index in [0.29, 0.717) is 12.1 Å². The Balaban J connectivity index is 1.82. The van der Waals surface area contributed by atoms with Gasteiger partial charge in [-0.2, -0.15) is 0 Å². The van der Waals surface area contributed by atoms with E-state index in [9.17, 15) is 13.2 Å². The van der Waals surface area contributed by atoms with E-state index in [1.54, 1.807) is 24.3 Å². The van der Waals surface area contributed by atoms with E-state index in [1.807, 2.05) is 0 Å². The molecule has 1 saturated heterocycles. The molecule has 1 aliphatic heterocycles. The number of hydrogen-bond donors (Lipinski definition) is 2. The fourth-order valence-electron chi connectivity index (χ4n) is 2.30. The molecule has 1 heterocycles. The van der Waals surface area contributed by atoms with Crippen molar-refractivity contribution in [3.8, 4) is 0 Å². The van der Waals surface area contributed by atoms with Gasteiger partial charge in [0.05, 0.1) is 5.75 Å². The van der Waals surface area contributed by atoms with Crippen LogP contribution in [0.1, 0.15) is 18.4 Å². The van der Waals surface area contributed by atoms with Crippen LogP contribution < -0.4 is 10.6 Å². The van der Waals surface area contributed by atoms with E-state index in [-0.39, 0.29) is 11.8 Å². The lowest BCUT2D eigenvalue weighted by Crippen LogP contribution is -2.39. The molecule has 0 bridgehead atoms. The summed E-state index contributed by atoms with van der Waals surface area (Å²) in [5, 5.41) is 5.94. The smallest absolute Gasteiger partial charge is 0.235 e. The zero-order valence-corrected chi connectivity index (χ0v) is 14.0.